The van der Waals surface area contributed by atoms with E-state index in [-0.39, 0.29) is 0 Å². The topological polar surface area (TPSA) is 72.7 Å². The Kier molecular flexibility index (Phi) is 6.14. The number of nitrogens with zero attached hydrogens (tertiary/aromatic N) is 3. The maximum absolute atomic E-state index is 5.73. The second kappa shape index (κ2) is 8.96. The third-order valence-electron chi connectivity index (χ3n) is 3.91. The summed E-state index contributed by atoms with van der Waals surface area (Å²) in [5.74, 6) is 2.42. The zero-order chi connectivity index (χ0) is 17.3. The molecular weight excluding hydrogens is 318 g/mol. The van der Waals surface area contributed by atoms with Gasteiger partial charge in [0.2, 0.25) is 0 Å². The quantitative estimate of drug-likeness (QED) is 0.475. The van der Waals surface area contributed by atoms with Gasteiger partial charge in [-0.1, -0.05) is 6.07 Å². The summed E-state index contributed by atoms with van der Waals surface area (Å²) in [6.07, 6.45) is 5.66. The Bertz CT molecular complexity index is 685. The fourth-order valence-electron chi connectivity index (χ4n) is 2.60. The van der Waals surface area contributed by atoms with E-state index < -0.39 is 0 Å². The molecule has 1 aliphatic rings. The van der Waals surface area contributed by atoms with Gasteiger partial charge in [0.25, 0.3) is 0 Å². The number of rotatable bonds is 6. The van der Waals surface area contributed by atoms with E-state index in [2.05, 4.69) is 20.7 Å². The highest BCUT2D eigenvalue weighted by molar-refractivity contribution is 5.79. The molecule has 25 heavy (non-hydrogen) atoms. The molecule has 7 heteroatoms. The summed E-state index contributed by atoms with van der Waals surface area (Å²) in [5, 5.41) is 10.8. The Morgan fingerprint density at radius 1 is 1.24 bits per heavy atom. The van der Waals surface area contributed by atoms with Crippen LogP contribution in [0.3, 0.4) is 0 Å². The largest absolute Gasteiger partial charge is 0.490 e. The first kappa shape index (κ1) is 17.1. The molecule has 0 radical (unpaired) electrons. The first-order valence-electron chi connectivity index (χ1n) is 8.65. The molecule has 0 amide bonds. The van der Waals surface area contributed by atoms with Crippen LogP contribution >= 0.6 is 0 Å². The minimum atomic E-state index is 0.676. The lowest BCUT2D eigenvalue weighted by molar-refractivity contribution is 0.297. The van der Waals surface area contributed by atoms with Crippen molar-refractivity contribution < 1.29 is 9.47 Å². The van der Waals surface area contributed by atoms with Crippen molar-refractivity contribution in [2.24, 2.45) is 4.99 Å². The Labute approximate surface area is 148 Å². The number of guanidine groups is 1. The number of aromatic nitrogens is 2. The van der Waals surface area contributed by atoms with Crippen LogP contribution in [0.15, 0.2) is 41.7 Å². The molecule has 0 spiro atoms. The number of fused-ring (bicyclic) bond motifs is 1. The van der Waals surface area contributed by atoms with Crippen LogP contribution in [-0.2, 0) is 13.1 Å². The Morgan fingerprint density at radius 3 is 2.92 bits per heavy atom. The van der Waals surface area contributed by atoms with E-state index in [0.717, 1.165) is 49.0 Å². The van der Waals surface area contributed by atoms with Gasteiger partial charge in [-0.2, -0.15) is 5.10 Å². The Morgan fingerprint density at radius 2 is 2.12 bits per heavy atom. The molecule has 2 heterocycles. The van der Waals surface area contributed by atoms with Crippen molar-refractivity contribution in [3.05, 3.63) is 42.2 Å². The average molecular weight is 343 g/mol. The molecule has 2 N–H and O–H groups in total. The van der Waals surface area contributed by atoms with E-state index in [1.807, 2.05) is 35.1 Å². The van der Waals surface area contributed by atoms with E-state index in [9.17, 15) is 0 Å². The van der Waals surface area contributed by atoms with Gasteiger partial charge in [-0.3, -0.25) is 9.67 Å². The second-order valence-corrected chi connectivity index (χ2v) is 5.81. The predicted molar refractivity (Wildman–Crippen MR) is 97.1 cm³/mol. The first-order chi connectivity index (χ1) is 12.3. The normalized spacial score (nSPS) is 14.0. The summed E-state index contributed by atoms with van der Waals surface area (Å²) in [5.41, 5.74) is 1.13. The van der Waals surface area contributed by atoms with Crippen molar-refractivity contribution in [1.82, 2.24) is 20.4 Å². The van der Waals surface area contributed by atoms with Gasteiger partial charge in [-0.25, -0.2) is 0 Å². The van der Waals surface area contributed by atoms with Crippen molar-refractivity contribution in [2.45, 2.75) is 25.9 Å². The molecule has 3 rings (SSSR count). The summed E-state index contributed by atoms with van der Waals surface area (Å²) >= 11 is 0. The summed E-state index contributed by atoms with van der Waals surface area (Å²) < 4.78 is 13.3. The molecular formula is C18H25N5O2. The Balaban J connectivity index is 1.44. The third kappa shape index (κ3) is 5.14. The van der Waals surface area contributed by atoms with Crippen LogP contribution in [0.2, 0.25) is 0 Å². The number of aryl methyl sites for hydroxylation is 1. The summed E-state index contributed by atoms with van der Waals surface area (Å²) in [7, 11) is 1.77. The van der Waals surface area contributed by atoms with Gasteiger partial charge in [0, 0.05) is 45.5 Å². The van der Waals surface area contributed by atoms with E-state index >= 15 is 0 Å². The lowest BCUT2D eigenvalue weighted by Gasteiger charge is -2.13. The number of ether oxygens (including phenoxy) is 2. The Hall–Kier alpha value is -2.70. The maximum atomic E-state index is 5.73. The van der Waals surface area contributed by atoms with E-state index in [1.165, 1.54) is 0 Å². The molecule has 2 aromatic rings. The van der Waals surface area contributed by atoms with Gasteiger partial charge in [0.05, 0.1) is 13.2 Å². The molecule has 1 aliphatic heterocycles. The minimum Gasteiger partial charge on any atom is -0.490 e. The lowest BCUT2D eigenvalue weighted by Crippen LogP contribution is -2.37. The molecule has 0 unspecified atom stereocenters. The van der Waals surface area contributed by atoms with Crippen LogP contribution in [0.5, 0.6) is 11.5 Å². The number of hydrogen-bond donors (Lipinski definition) is 2. The highest BCUT2D eigenvalue weighted by Crippen LogP contribution is 2.30. The van der Waals surface area contributed by atoms with Gasteiger partial charge in [0.15, 0.2) is 17.5 Å². The van der Waals surface area contributed by atoms with Crippen molar-refractivity contribution in [1.29, 1.82) is 0 Å². The molecule has 0 fully saturated rings. The molecule has 134 valence electrons. The average Bonchev–Trinajstić information content (AvgIpc) is 3.05. The standard InChI is InChI=1S/C18H25N5O2/c1-19-18(20-7-2-9-23-10-3-8-22-23)21-14-15-5-6-16-17(13-15)25-12-4-11-24-16/h3,5-6,8,10,13H,2,4,7,9,11-12,14H2,1H3,(H2,19,20,21). The number of hydrogen-bond acceptors (Lipinski definition) is 4. The monoisotopic (exact) mass is 343 g/mol. The SMILES string of the molecule is CN=C(NCCCn1cccn1)NCc1ccc2c(c1)OCCCO2. The highest BCUT2D eigenvalue weighted by atomic mass is 16.5. The molecule has 0 saturated carbocycles. The number of aliphatic imine (C=N–C) groups is 1. The van der Waals surface area contributed by atoms with Crippen LogP contribution in [0.25, 0.3) is 0 Å². The highest BCUT2D eigenvalue weighted by Gasteiger charge is 2.10. The minimum absolute atomic E-state index is 0.676. The van der Waals surface area contributed by atoms with Crippen molar-refractivity contribution >= 4 is 5.96 Å². The fourth-order valence-corrected chi connectivity index (χ4v) is 2.60. The van der Waals surface area contributed by atoms with E-state index in [1.54, 1.807) is 13.2 Å². The molecule has 0 bridgehead atoms. The number of nitrogens with one attached hydrogen (secondary N) is 2. The van der Waals surface area contributed by atoms with Crippen LogP contribution in [-0.4, -0.2) is 42.5 Å². The summed E-state index contributed by atoms with van der Waals surface area (Å²) in [6, 6.07) is 7.98. The molecule has 7 nitrogen and oxygen atoms in total. The zero-order valence-corrected chi connectivity index (χ0v) is 14.6. The number of benzene rings is 1. The van der Waals surface area contributed by atoms with Gasteiger partial charge in [-0.05, 0) is 30.2 Å². The molecule has 1 aromatic carbocycles. The van der Waals surface area contributed by atoms with Gasteiger partial charge in [0.1, 0.15) is 0 Å². The van der Waals surface area contributed by atoms with Crippen LogP contribution in [0.4, 0.5) is 0 Å². The van der Waals surface area contributed by atoms with Crippen molar-refractivity contribution in [3.63, 3.8) is 0 Å². The third-order valence-corrected chi connectivity index (χ3v) is 3.91. The molecule has 0 saturated heterocycles. The zero-order valence-electron chi connectivity index (χ0n) is 14.6. The molecule has 0 aliphatic carbocycles. The fraction of sp³-hybridized carbons (Fsp3) is 0.444. The van der Waals surface area contributed by atoms with Gasteiger partial charge in [-0.15, -0.1) is 0 Å². The summed E-state index contributed by atoms with van der Waals surface area (Å²) in [4.78, 5) is 4.26. The van der Waals surface area contributed by atoms with Crippen molar-refractivity contribution in [3.8, 4) is 11.5 Å². The smallest absolute Gasteiger partial charge is 0.191 e. The van der Waals surface area contributed by atoms with Crippen LogP contribution in [0.1, 0.15) is 18.4 Å². The maximum Gasteiger partial charge on any atom is 0.191 e. The van der Waals surface area contributed by atoms with E-state index in [4.69, 9.17) is 9.47 Å². The van der Waals surface area contributed by atoms with Crippen LogP contribution < -0.4 is 20.1 Å². The summed E-state index contributed by atoms with van der Waals surface area (Å²) in [6.45, 7) is 3.80. The molecule has 1 aromatic heterocycles. The van der Waals surface area contributed by atoms with Crippen LogP contribution in [0, 0.1) is 0 Å². The lowest BCUT2D eigenvalue weighted by atomic mass is 10.2. The predicted octanol–water partition coefficient (Wildman–Crippen LogP) is 1.80. The molecule has 0 atom stereocenters. The van der Waals surface area contributed by atoms with Gasteiger partial charge >= 0.3 is 0 Å². The van der Waals surface area contributed by atoms with E-state index in [0.29, 0.717) is 19.8 Å². The van der Waals surface area contributed by atoms with Crippen molar-refractivity contribution in [2.75, 3.05) is 26.8 Å². The first-order valence-corrected chi connectivity index (χ1v) is 8.65. The second-order valence-electron chi connectivity index (χ2n) is 5.81. The van der Waals surface area contributed by atoms with Gasteiger partial charge < -0.3 is 20.1 Å².